The number of hydrogen-bond donors (Lipinski definition) is 1. The zero-order chi connectivity index (χ0) is 29.1. The minimum Gasteiger partial charge on any atom is -0.363 e. The Balaban J connectivity index is 1.50. The molecule has 0 radical (unpaired) electrons. The van der Waals surface area contributed by atoms with Crippen LogP contribution in [0.3, 0.4) is 0 Å². The first-order valence-electron chi connectivity index (χ1n) is 13.5. The highest BCUT2D eigenvalue weighted by Crippen LogP contribution is 2.21. The summed E-state index contributed by atoms with van der Waals surface area (Å²) in [5.41, 5.74) is 6.88. The lowest BCUT2D eigenvalue weighted by Crippen LogP contribution is -2.51. The van der Waals surface area contributed by atoms with Crippen molar-refractivity contribution in [3.8, 4) is 0 Å². The summed E-state index contributed by atoms with van der Waals surface area (Å²) >= 11 is 0. The highest BCUT2D eigenvalue weighted by molar-refractivity contribution is 5.50. The second kappa shape index (κ2) is 12.2. The van der Waals surface area contributed by atoms with E-state index in [0.717, 1.165) is 22.3 Å². The van der Waals surface area contributed by atoms with Gasteiger partial charge in [0, 0.05) is 55.6 Å². The summed E-state index contributed by atoms with van der Waals surface area (Å²) in [5.74, 6) is -1.83. The molecule has 1 aromatic heterocycles. The third-order valence-electron chi connectivity index (χ3n) is 7.68. The second-order valence-corrected chi connectivity index (χ2v) is 10.3. The normalized spacial score (nSPS) is 14.8. The number of aromatic nitrogens is 2. The molecular formula is C31H32F3N5O2. The maximum Gasteiger partial charge on any atom is 0.331 e. The predicted molar refractivity (Wildman–Crippen MR) is 152 cm³/mol. The topological polar surface area (TPSA) is 76.5 Å². The van der Waals surface area contributed by atoms with Crippen molar-refractivity contribution in [2.75, 3.05) is 31.1 Å². The third kappa shape index (κ3) is 5.98. The summed E-state index contributed by atoms with van der Waals surface area (Å²) in [6, 6.07) is 18.6. The van der Waals surface area contributed by atoms with Gasteiger partial charge in [-0.15, -0.1) is 0 Å². The summed E-state index contributed by atoms with van der Waals surface area (Å²) < 4.78 is 45.8. The predicted octanol–water partition coefficient (Wildman–Crippen LogP) is 3.81. The van der Waals surface area contributed by atoms with Gasteiger partial charge < -0.3 is 10.6 Å². The summed E-state index contributed by atoms with van der Waals surface area (Å²) in [6.07, 6.45) is 0. The Hall–Kier alpha value is -4.15. The van der Waals surface area contributed by atoms with Gasteiger partial charge in [0.2, 0.25) is 0 Å². The van der Waals surface area contributed by atoms with Gasteiger partial charge in [-0.3, -0.25) is 18.8 Å². The Bertz CT molecular complexity index is 1630. The van der Waals surface area contributed by atoms with Gasteiger partial charge in [-0.25, -0.2) is 18.0 Å². The van der Waals surface area contributed by atoms with Crippen molar-refractivity contribution in [3.63, 3.8) is 0 Å². The lowest BCUT2D eigenvalue weighted by molar-refractivity contribution is 0.246. The second-order valence-electron chi connectivity index (χ2n) is 10.3. The van der Waals surface area contributed by atoms with Crippen LogP contribution in [0.15, 0.2) is 82.4 Å². The number of halogens is 3. The van der Waals surface area contributed by atoms with Crippen LogP contribution in [0.25, 0.3) is 0 Å². The molecule has 0 amide bonds. The lowest BCUT2D eigenvalue weighted by atomic mass is 10.1. The van der Waals surface area contributed by atoms with Crippen LogP contribution < -0.4 is 21.9 Å². The number of hydrogen-bond acceptors (Lipinski definition) is 5. The smallest absolute Gasteiger partial charge is 0.331 e. The first-order chi connectivity index (χ1) is 19.7. The molecule has 5 rings (SSSR count). The number of nitrogens with two attached hydrogens (primary N) is 1. The summed E-state index contributed by atoms with van der Waals surface area (Å²) in [7, 11) is 0. The van der Waals surface area contributed by atoms with Crippen LogP contribution in [-0.2, 0) is 19.6 Å². The van der Waals surface area contributed by atoms with E-state index >= 15 is 0 Å². The molecule has 1 aliphatic heterocycles. The van der Waals surface area contributed by atoms with Crippen LogP contribution in [0.2, 0.25) is 0 Å². The first-order valence-corrected chi connectivity index (χ1v) is 13.5. The van der Waals surface area contributed by atoms with Crippen LogP contribution in [0.1, 0.15) is 28.4 Å². The average molecular weight is 564 g/mol. The van der Waals surface area contributed by atoms with Gasteiger partial charge >= 0.3 is 5.69 Å². The molecule has 2 heterocycles. The molecule has 10 heteroatoms. The molecule has 4 aromatic rings. The number of nitrogens with zero attached hydrogens (tertiary/aromatic N) is 4. The molecule has 0 bridgehead atoms. The van der Waals surface area contributed by atoms with E-state index in [4.69, 9.17) is 5.73 Å². The van der Waals surface area contributed by atoms with E-state index < -0.39 is 28.9 Å². The van der Waals surface area contributed by atoms with Crippen molar-refractivity contribution in [1.82, 2.24) is 14.0 Å². The number of piperazine rings is 1. The van der Waals surface area contributed by atoms with Crippen LogP contribution in [-0.4, -0.2) is 40.2 Å². The Morgan fingerprint density at radius 3 is 2.02 bits per heavy atom. The number of anilines is 1. The molecule has 1 atom stereocenters. The third-order valence-corrected chi connectivity index (χ3v) is 7.68. The minimum atomic E-state index is -0.779. The Morgan fingerprint density at radius 2 is 1.37 bits per heavy atom. The minimum absolute atomic E-state index is 0.109. The van der Waals surface area contributed by atoms with Gasteiger partial charge in [-0.2, -0.15) is 0 Å². The standard InChI is InChI=1S/C31H32F3N5O2/c1-21-29(37-16-14-36(15-17-37)18-23-10-5-6-11-25(23)32)30(40)39(20-28(35)22-8-3-2-4-9-22)31(41)38(21)19-24-26(33)12-7-13-27(24)34/h2-13,28H,14-20,35H2,1H3/t28-/m0/s1. The highest BCUT2D eigenvalue weighted by atomic mass is 19.1. The quantitative estimate of drug-likeness (QED) is 0.353. The molecule has 1 aliphatic rings. The van der Waals surface area contributed by atoms with Crippen molar-refractivity contribution in [1.29, 1.82) is 0 Å². The van der Waals surface area contributed by atoms with Crippen molar-refractivity contribution < 1.29 is 13.2 Å². The van der Waals surface area contributed by atoms with E-state index in [2.05, 4.69) is 4.90 Å². The van der Waals surface area contributed by atoms with Gasteiger partial charge in [0.05, 0.1) is 13.1 Å². The zero-order valence-corrected chi connectivity index (χ0v) is 22.8. The van der Waals surface area contributed by atoms with Crippen molar-refractivity contribution in [2.45, 2.75) is 32.6 Å². The number of benzene rings is 3. The summed E-state index contributed by atoms with van der Waals surface area (Å²) in [5, 5.41) is 0. The van der Waals surface area contributed by atoms with Crippen LogP contribution in [0.5, 0.6) is 0 Å². The molecule has 0 saturated carbocycles. The summed E-state index contributed by atoms with van der Waals surface area (Å²) in [6.45, 7) is 3.55. The van der Waals surface area contributed by atoms with E-state index in [9.17, 15) is 22.8 Å². The zero-order valence-electron chi connectivity index (χ0n) is 22.8. The Morgan fingerprint density at radius 1 is 0.756 bits per heavy atom. The maximum atomic E-state index is 14.6. The Kier molecular flexibility index (Phi) is 8.41. The molecule has 2 N–H and O–H groups in total. The van der Waals surface area contributed by atoms with Crippen LogP contribution >= 0.6 is 0 Å². The molecule has 0 unspecified atom stereocenters. The molecule has 41 heavy (non-hydrogen) atoms. The van der Waals surface area contributed by atoms with E-state index in [1.54, 1.807) is 25.1 Å². The fourth-order valence-corrected chi connectivity index (χ4v) is 5.34. The van der Waals surface area contributed by atoms with E-state index in [0.29, 0.717) is 44.0 Å². The largest absolute Gasteiger partial charge is 0.363 e. The summed E-state index contributed by atoms with van der Waals surface area (Å²) in [4.78, 5) is 31.5. The molecule has 1 fully saturated rings. The van der Waals surface area contributed by atoms with Crippen LogP contribution in [0, 0.1) is 24.4 Å². The van der Waals surface area contributed by atoms with E-state index in [-0.39, 0.29) is 30.2 Å². The highest BCUT2D eigenvalue weighted by Gasteiger charge is 2.27. The molecule has 1 saturated heterocycles. The van der Waals surface area contributed by atoms with Crippen molar-refractivity contribution in [3.05, 3.63) is 133 Å². The maximum absolute atomic E-state index is 14.6. The monoisotopic (exact) mass is 563 g/mol. The number of rotatable bonds is 8. The van der Waals surface area contributed by atoms with Gasteiger partial charge in [-0.1, -0.05) is 54.6 Å². The molecule has 7 nitrogen and oxygen atoms in total. The lowest BCUT2D eigenvalue weighted by Gasteiger charge is -2.37. The molecular weight excluding hydrogens is 531 g/mol. The molecule has 0 aliphatic carbocycles. The van der Waals surface area contributed by atoms with Gasteiger partial charge in [0.1, 0.15) is 23.1 Å². The molecule has 3 aromatic carbocycles. The van der Waals surface area contributed by atoms with Gasteiger partial charge in [0.25, 0.3) is 5.56 Å². The Labute approximate surface area is 235 Å². The SMILES string of the molecule is Cc1c(N2CCN(Cc3ccccc3F)CC2)c(=O)n(C[C@H](N)c2ccccc2)c(=O)n1Cc1c(F)cccc1F. The first kappa shape index (κ1) is 28.4. The molecule has 214 valence electrons. The van der Waals surface area contributed by atoms with Gasteiger partial charge in [0.15, 0.2) is 0 Å². The van der Waals surface area contributed by atoms with Crippen LogP contribution in [0.4, 0.5) is 18.9 Å². The average Bonchev–Trinajstić information content (AvgIpc) is 2.97. The van der Waals surface area contributed by atoms with Crippen molar-refractivity contribution >= 4 is 5.69 Å². The fourth-order valence-electron chi connectivity index (χ4n) is 5.34. The van der Waals surface area contributed by atoms with E-state index in [1.165, 1.54) is 16.7 Å². The molecule has 0 spiro atoms. The van der Waals surface area contributed by atoms with E-state index in [1.807, 2.05) is 35.2 Å². The van der Waals surface area contributed by atoms with Crippen molar-refractivity contribution in [2.24, 2.45) is 5.73 Å². The fraction of sp³-hybridized carbons (Fsp3) is 0.290. The van der Waals surface area contributed by atoms with Gasteiger partial charge in [-0.05, 0) is 30.7 Å².